The number of nitrogens with one attached hydrogen (secondary N) is 1. The van der Waals surface area contributed by atoms with E-state index in [9.17, 15) is 9.59 Å². The van der Waals surface area contributed by atoms with Crippen LogP contribution in [0.4, 0.5) is 0 Å². The van der Waals surface area contributed by atoms with Crippen molar-refractivity contribution < 1.29 is 14.3 Å². The fraction of sp³-hybridized carbons (Fsp3) is 0.417. The first-order valence-corrected chi connectivity index (χ1v) is 5.66. The minimum atomic E-state index is -0.467. The maximum Gasteiger partial charge on any atom is 0.332 e. The normalized spacial score (nSPS) is 11.2. The van der Waals surface area contributed by atoms with Crippen LogP contribution in [0.5, 0.6) is 0 Å². The number of hydrogen-bond acceptors (Lipinski definition) is 4. The maximum absolute atomic E-state index is 11.6. The van der Waals surface area contributed by atoms with E-state index in [0.717, 1.165) is 5.69 Å². The highest BCUT2D eigenvalue weighted by Crippen LogP contribution is 1.96. The fourth-order valence-corrected chi connectivity index (χ4v) is 1.36. The summed E-state index contributed by atoms with van der Waals surface area (Å²) in [4.78, 5) is 22.8. The van der Waals surface area contributed by atoms with Crippen molar-refractivity contribution in [1.82, 2.24) is 15.1 Å². The third-order valence-corrected chi connectivity index (χ3v) is 2.18. The SMILES string of the molecule is CCOC(=O)/C=C(\C)NC(=O)Cn1nccc1C. The van der Waals surface area contributed by atoms with E-state index in [4.69, 9.17) is 4.74 Å². The zero-order valence-corrected chi connectivity index (χ0v) is 10.8. The number of esters is 1. The van der Waals surface area contributed by atoms with Crippen molar-refractivity contribution in [2.24, 2.45) is 0 Å². The summed E-state index contributed by atoms with van der Waals surface area (Å²) in [5.74, 6) is -0.703. The van der Waals surface area contributed by atoms with Crippen LogP contribution in [-0.4, -0.2) is 28.3 Å². The monoisotopic (exact) mass is 251 g/mol. The molecule has 98 valence electrons. The Morgan fingerprint density at radius 3 is 2.83 bits per heavy atom. The lowest BCUT2D eigenvalue weighted by Gasteiger charge is -2.06. The molecule has 1 aromatic rings. The first-order chi connectivity index (χ1) is 8.52. The van der Waals surface area contributed by atoms with Gasteiger partial charge in [0.05, 0.1) is 6.61 Å². The number of ether oxygens (including phenoxy) is 1. The Bertz CT molecular complexity index is 463. The lowest BCUT2D eigenvalue weighted by molar-refractivity contribution is -0.137. The average molecular weight is 251 g/mol. The molecule has 0 spiro atoms. The average Bonchev–Trinajstić information content (AvgIpc) is 2.64. The molecule has 1 rings (SSSR count). The molecular weight excluding hydrogens is 234 g/mol. The Morgan fingerprint density at radius 2 is 2.28 bits per heavy atom. The topological polar surface area (TPSA) is 73.2 Å². The van der Waals surface area contributed by atoms with E-state index in [1.54, 1.807) is 24.7 Å². The second-order valence-electron chi connectivity index (χ2n) is 3.76. The minimum Gasteiger partial charge on any atom is -0.463 e. The lowest BCUT2D eigenvalue weighted by Crippen LogP contribution is -2.27. The molecule has 1 aromatic heterocycles. The fourth-order valence-electron chi connectivity index (χ4n) is 1.36. The summed E-state index contributed by atoms with van der Waals surface area (Å²) in [6.45, 7) is 5.64. The lowest BCUT2D eigenvalue weighted by atomic mass is 10.4. The van der Waals surface area contributed by atoms with Crippen LogP contribution in [0.2, 0.25) is 0 Å². The first-order valence-electron chi connectivity index (χ1n) is 5.66. The Morgan fingerprint density at radius 1 is 1.56 bits per heavy atom. The van der Waals surface area contributed by atoms with E-state index in [2.05, 4.69) is 10.4 Å². The number of nitrogens with zero attached hydrogens (tertiary/aromatic N) is 2. The van der Waals surface area contributed by atoms with Crippen molar-refractivity contribution in [3.05, 3.63) is 29.7 Å². The van der Waals surface area contributed by atoms with Gasteiger partial charge in [-0.1, -0.05) is 0 Å². The number of carbonyl (C=O) groups excluding carboxylic acids is 2. The molecule has 1 N–H and O–H groups in total. The van der Waals surface area contributed by atoms with Crippen molar-refractivity contribution in [2.75, 3.05) is 6.61 Å². The third kappa shape index (κ3) is 4.40. The van der Waals surface area contributed by atoms with Gasteiger partial charge in [-0.2, -0.15) is 5.10 Å². The molecule has 0 fully saturated rings. The number of carbonyl (C=O) groups is 2. The highest BCUT2D eigenvalue weighted by Gasteiger charge is 2.06. The van der Waals surface area contributed by atoms with E-state index in [1.807, 2.05) is 13.0 Å². The summed E-state index contributed by atoms with van der Waals surface area (Å²) in [6, 6.07) is 1.81. The second kappa shape index (κ2) is 6.58. The summed E-state index contributed by atoms with van der Waals surface area (Å²) in [5, 5.41) is 6.59. The summed E-state index contributed by atoms with van der Waals surface area (Å²) in [7, 11) is 0. The summed E-state index contributed by atoms with van der Waals surface area (Å²) < 4.78 is 6.31. The molecule has 0 atom stereocenters. The van der Waals surface area contributed by atoms with Crippen LogP contribution < -0.4 is 5.32 Å². The molecule has 0 aliphatic carbocycles. The second-order valence-corrected chi connectivity index (χ2v) is 3.76. The highest BCUT2D eigenvalue weighted by atomic mass is 16.5. The Hall–Kier alpha value is -2.11. The molecule has 6 heteroatoms. The number of aryl methyl sites for hydroxylation is 1. The predicted molar refractivity (Wildman–Crippen MR) is 65.5 cm³/mol. The molecular formula is C12H17N3O3. The standard InChI is InChI=1S/C12H17N3O3/c1-4-18-12(17)7-9(2)14-11(16)8-15-10(3)5-6-13-15/h5-7H,4,8H2,1-3H3,(H,14,16)/b9-7+. The molecule has 18 heavy (non-hydrogen) atoms. The van der Waals surface area contributed by atoms with Crippen LogP contribution in [0.3, 0.4) is 0 Å². The molecule has 0 radical (unpaired) electrons. The van der Waals surface area contributed by atoms with Crippen LogP contribution in [0.25, 0.3) is 0 Å². The van der Waals surface area contributed by atoms with Crippen LogP contribution in [0.15, 0.2) is 24.0 Å². The van der Waals surface area contributed by atoms with Crippen LogP contribution in [-0.2, 0) is 20.9 Å². The van der Waals surface area contributed by atoms with Crippen molar-refractivity contribution >= 4 is 11.9 Å². The maximum atomic E-state index is 11.6. The van der Waals surface area contributed by atoms with Gasteiger partial charge >= 0.3 is 5.97 Å². The molecule has 0 aliphatic rings. The largest absolute Gasteiger partial charge is 0.463 e. The first kappa shape index (κ1) is 14.0. The van der Waals surface area contributed by atoms with Crippen molar-refractivity contribution in [3.8, 4) is 0 Å². The summed E-state index contributed by atoms with van der Waals surface area (Å²) in [5.41, 5.74) is 1.35. The summed E-state index contributed by atoms with van der Waals surface area (Å²) >= 11 is 0. The molecule has 0 bridgehead atoms. The van der Waals surface area contributed by atoms with Gasteiger partial charge in [-0.05, 0) is 26.8 Å². The quantitative estimate of drug-likeness (QED) is 0.620. The number of amides is 1. The van der Waals surface area contributed by atoms with Gasteiger partial charge in [0.2, 0.25) is 5.91 Å². The molecule has 6 nitrogen and oxygen atoms in total. The number of rotatable bonds is 5. The van der Waals surface area contributed by atoms with E-state index < -0.39 is 5.97 Å². The molecule has 0 saturated carbocycles. The van der Waals surface area contributed by atoms with Gasteiger partial charge in [-0.15, -0.1) is 0 Å². The predicted octanol–water partition coefficient (Wildman–Crippen LogP) is 0.775. The van der Waals surface area contributed by atoms with Gasteiger partial charge in [0.1, 0.15) is 6.54 Å². The molecule has 0 unspecified atom stereocenters. The van der Waals surface area contributed by atoms with Gasteiger partial charge in [-0.3, -0.25) is 9.48 Å². The van der Waals surface area contributed by atoms with Crippen molar-refractivity contribution in [3.63, 3.8) is 0 Å². The van der Waals surface area contributed by atoms with Crippen molar-refractivity contribution in [2.45, 2.75) is 27.3 Å². The van der Waals surface area contributed by atoms with Crippen LogP contribution in [0, 0.1) is 6.92 Å². The van der Waals surface area contributed by atoms with Crippen LogP contribution >= 0.6 is 0 Å². The summed E-state index contributed by atoms with van der Waals surface area (Å²) in [6.07, 6.45) is 2.88. The zero-order valence-electron chi connectivity index (χ0n) is 10.8. The van der Waals surface area contributed by atoms with Gasteiger partial charge in [-0.25, -0.2) is 4.79 Å². The van der Waals surface area contributed by atoms with Crippen molar-refractivity contribution in [1.29, 1.82) is 0 Å². The Balaban J connectivity index is 2.50. The van der Waals surface area contributed by atoms with E-state index in [1.165, 1.54) is 6.08 Å². The molecule has 0 saturated heterocycles. The Labute approximate surface area is 106 Å². The molecule has 0 aromatic carbocycles. The van der Waals surface area contributed by atoms with Gasteiger partial charge in [0.25, 0.3) is 0 Å². The van der Waals surface area contributed by atoms with Gasteiger partial charge < -0.3 is 10.1 Å². The smallest absolute Gasteiger partial charge is 0.332 e. The van der Waals surface area contributed by atoms with E-state index >= 15 is 0 Å². The Kier molecular flexibility index (Phi) is 5.10. The third-order valence-electron chi connectivity index (χ3n) is 2.18. The molecule has 0 aliphatic heterocycles. The minimum absolute atomic E-state index is 0.118. The van der Waals surface area contributed by atoms with Gasteiger partial charge in [0.15, 0.2) is 0 Å². The number of hydrogen-bond donors (Lipinski definition) is 1. The van der Waals surface area contributed by atoms with E-state index in [0.29, 0.717) is 12.3 Å². The van der Waals surface area contributed by atoms with Gasteiger partial charge in [0, 0.05) is 23.7 Å². The zero-order chi connectivity index (χ0) is 13.5. The van der Waals surface area contributed by atoms with E-state index in [-0.39, 0.29) is 12.5 Å². The number of allylic oxidation sites excluding steroid dienone is 1. The molecule has 1 amide bonds. The number of aromatic nitrogens is 2. The highest BCUT2D eigenvalue weighted by molar-refractivity contribution is 5.84. The molecule has 1 heterocycles. The van der Waals surface area contributed by atoms with Crippen LogP contribution in [0.1, 0.15) is 19.5 Å².